The van der Waals surface area contributed by atoms with E-state index in [1.807, 2.05) is 24.3 Å². The monoisotopic (exact) mass is 231 g/mol. The van der Waals surface area contributed by atoms with Crippen molar-refractivity contribution in [3.05, 3.63) is 30.2 Å². The van der Waals surface area contributed by atoms with Gasteiger partial charge in [0.05, 0.1) is 6.04 Å². The Morgan fingerprint density at radius 3 is 3.06 bits per heavy atom. The number of aromatic nitrogens is 1. The van der Waals surface area contributed by atoms with Crippen LogP contribution in [0.1, 0.15) is 5.89 Å². The van der Waals surface area contributed by atoms with Gasteiger partial charge in [0.15, 0.2) is 11.5 Å². The van der Waals surface area contributed by atoms with Gasteiger partial charge < -0.3 is 15.1 Å². The van der Waals surface area contributed by atoms with E-state index >= 15 is 0 Å². The minimum Gasteiger partial charge on any atom is -0.441 e. The molecule has 2 N–H and O–H groups in total. The standard InChI is InChI=1S/C12H13N3O2/c16-12-9(13-5-6-14-12)7-11-15-8-3-1-2-4-10(8)17-11/h1-4,9,13H,5-7H2,(H,14,16). The summed E-state index contributed by atoms with van der Waals surface area (Å²) in [5.74, 6) is 0.610. The van der Waals surface area contributed by atoms with Crippen LogP contribution in [0, 0.1) is 0 Å². The first kappa shape index (κ1) is 10.3. The summed E-state index contributed by atoms with van der Waals surface area (Å²) >= 11 is 0. The van der Waals surface area contributed by atoms with Gasteiger partial charge in [-0.3, -0.25) is 4.79 Å². The van der Waals surface area contributed by atoms with Crippen LogP contribution in [0.4, 0.5) is 0 Å². The highest BCUT2D eigenvalue weighted by Gasteiger charge is 2.23. The first-order valence-electron chi connectivity index (χ1n) is 5.68. The third-order valence-electron chi connectivity index (χ3n) is 2.85. The Morgan fingerprint density at radius 2 is 2.24 bits per heavy atom. The first-order chi connectivity index (χ1) is 8.33. The van der Waals surface area contributed by atoms with E-state index in [1.54, 1.807) is 0 Å². The van der Waals surface area contributed by atoms with E-state index in [2.05, 4.69) is 15.6 Å². The number of rotatable bonds is 2. The molecule has 1 aromatic carbocycles. The number of benzene rings is 1. The topological polar surface area (TPSA) is 67.2 Å². The largest absolute Gasteiger partial charge is 0.441 e. The first-order valence-corrected chi connectivity index (χ1v) is 5.68. The summed E-state index contributed by atoms with van der Waals surface area (Å²) in [7, 11) is 0. The van der Waals surface area contributed by atoms with Crippen molar-refractivity contribution in [2.24, 2.45) is 0 Å². The van der Waals surface area contributed by atoms with E-state index in [0.29, 0.717) is 18.9 Å². The number of nitrogens with one attached hydrogen (secondary N) is 2. The van der Waals surface area contributed by atoms with Gasteiger partial charge in [-0.1, -0.05) is 12.1 Å². The summed E-state index contributed by atoms with van der Waals surface area (Å²) in [5.41, 5.74) is 1.59. The van der Waals surface area contributed by atoms with E-state index in [0.717, 1.165) is 17.6 Å². The van der Waals surface area contributed by atoms with Gasteiger partial charge in [-0.25, -0.2) is 4.98 Å². The summed E-state index contributed by atoms with van der Waals surface area (Å²) in [6, 6.07) is 7.36. The Balaban J connectivity index is 1.82. The summed E-state index contributed by atoms with van der Waals surface area (Å²) in [6.45, 7) is 1.47. The zero-order chi connectivity index (χ0) is 11.7. The fourth-order valence-corrected chi connectivity index (χ4v) is 1.99. The zero-order valence-electron chi connectivity index (χ0n) is 9.27. The molecule has 88 valence electrons. The molecule has 1 aromatic heterocycles. The second-order valence-corrected chi connectivity index (χ2v) is 4.08. The normalized spacial score (nSPS) is 20.5. The molecular weight excluding hydrogens is 218 g/mol. The highest BCUT2D eigenvalue weighted by atomic mass is 16.3. The van der Waals surface area contributed by atoms with Crippen molar-refractivity contribution in [1.82, 2.24) is 15.6 Å². The fourth-order valence-electron chi connectivity index (χ4n) is 1.99. The highest BCUT2D eigenvalue weighted by molar-refractivity contribution is 5.82. The Hall–Kier alpha value is -1.88. The summed E-state index contributed by atoms with van der Waals surface area (Å²) < 4.78 is 5.59. The van der Waals surface area contributed by atoms with Crippen molar-refractivity contribution in [2.45, 2.75) is 12.5 Å². The molecular formula is C12H13N3O2. The number of carbonyl (C=O) groups is 1. The third-order valence-corrected chi connectivity index (χ3v) is 2.85. The third kappa shape index (κ3) is 2.01. The van der Waals surface area contributed by atoms with Crippen LogP contribution in [0.25, 0.3) is 11.1 Å². The molecule has 0 bridgehead atoms. The van der Waals surface area contributed by atoms with Gasteiger partial charge in [-0.05, 0) is 12.1 Å². The lowest BCUT2D eigenvalue weighted by Gasteiger charge is -2.22. The lowest BCUT2D eigenvalue weighted by atomic mass is 10.1. The van der Waals surface area contributed by atoms with Crippen LogP contribution in [0.15, 0.2) is 28.7 Å². The lowest BCUT2D eigenvalue weighted by Crippen LogP contribution is -2.53. The van der Waals surface area contributed by atoms with E-state index in [4.69, 9.17) is 4.42 Å². The maximum atomic E-state index is 11.6. The number of piperazine rings is 1. The van der Waals surface area contributed by atoms with Crippen molar-refractivity contribution < 1.29 is 9.21 Å². The number of nitrogens with zero attached hydrogens (tertiary/aromatic N) is 1. The number of hydrogen-bond acceptors (Lipinski definition) is 4. The molecule has 2 aromatic rings. The quantitative estimate of drug-likeness (QED) is 0.788. The van der Waals surface area contributed by atoms with Crippen molar-refractivity contribution in [3.8, 4) is 0 Å². The van der Waals surface area contributed by atoms with Crippen molar-refractivity contribution in [2.75, 3.05) is 13.1 Å². The molecule has 0 radical (unpaired) electrons. The van der Waals surface area contributed by atoms with Gasteiger partial charge in [0.25, 0.3) is 0 Å². The molecule has 1 aliphatic rings. The average Bonchev–Trinajstić information content (AvgIpc) is 2.74. The molecule has 0 spiro atoms. The molecule has 1 fully saturated rings. The van der Waals surface area contributed by atoms with Gasteiger partial charge in [0.1, 0.15) is 5.52 Å². The molecule has 3 rings (SSSR count). The molecule has 0 saturated carbocycles. The second kappa shape index (κ2) is 4.18. The van der Waals surface area contributed by atoms with E-state index in [1.165, 1.54) is 0 Å². The minimum atomic E-state index is -0.239. The van der Waals surface area contributed by atoms with Crippen LogP contribution in [0.3, 0.4) is 0 Å². The molecule has 1 unspecified atom stereocenters. The van der Waals surface area contributed by atoms with Crippen molar-refractivity contribution in [3.63, 3.8) is 0 Å². The predicted molar refractivity (Wildman–Crippen MR) is 62.5 cm³/mol. The summed E-state index contributed by atoms with van der Waals surface area (Å²) in [6.07, 6.45) is 0.487. The Labute approximate surface area is 98.2 Å². The Bertz CT molecular complexity index is 516. The molecule has 1 atom stereocenters. The van der Waals surface area contributed by atoms with E-state index in [-0.39, 0.29) is 11.9 Å². The summed E-state index contributed by atoms with van der Waals surface area (Å²) in [4.78, 5) is 15.9. The number of carbonyl (C=O) groups excluding carboxylic acids is 1. The molecule has 17 heavy (non-hydrogen) atoms. The second-order valence-electron chi connectivity index (χ2n) is 4.08. The molecule has 1 amide bonds. The SMILES string of the molecule is O=C1NCCNC1Cc1nc2ccccc2o1. The molecule has 1 saturated heterocycles. The molecule has 0 aliphatic carbocycles. The van der Waals surface area contributed by atoms with Gasteiger partial charge >= 0.3 is 0 Å². The van der Waals surface area contributed by atoms with Gasteiger partial charge in [0, 0.05) is 19.5 Å². The Kier molecular flexibility index (Phi) is 2.53. The number of amides is 1. The minimum absolute atomic E-state index is 0.0125. The lowest BCUT2D eigenvalue weighted by molar-refractivity contribution is -0.124. The van der Waals surface area contributed by atoms with Gasteiger partial charge in [-0.2, -0.15) is 0 Å². The number of oxazole rings is 1. The Morgan fingerprint density at radius 1 is 1.35 bits per heavy atom. The maximum absolute atomic E-state index is 11.6. The molecule has 5 heteroatoms. The number of hydrogen-bond donors (Lipinski definition) is 2. The molecule has 2 heterocycles. The molecule has 1 aliphatic heterocycles. The van der Waals surface area contributed by atoms with E-state index < -0.39 is 0 Å². The van der Waals surface area contributed by atoms with Gasteiger partial charge in [0.2, 0.25) is 5.91 Å². The van der Waals surface area contributed by atoms with Crippen molar-refractivity contribution in [1.29, 1.82) is 0 Å². The smallest absolute Gasteiger partial charge is 0.237 e. The van der Waals surface area contributed by atoms with Crippen LogP contribution in [0.5, 0.6) is 0 Å². The maximum Gasteiger partial charge on any atom is 0.237 e. The molecule has 5 nitrogen and oxygen atoms in total. The predicted octanol–water partition coefficient (Wildman–Crippen LogP) is 0.458. The van der Waals surface area contributed by atoms with Crippen LogP contribution in [-0.2, 0) is 11.2 Å². The average molecular weight is 231 g/mol. The van der Waals surface area contributed by atoms with Crippen LogP contribution >= 0.6 is 0 Å². The number of para-hydroxylation sites is 2. The van der Waals surface area contributed by atoms with Crippen LogP contribution < -0.4 is 10.6 Å². The summed E-state index contributed by atoms with van der Waals surface area (Å²) in [5, 5.41) is 5.96. The highest BCUT2D eigenvalue weighted by Crippen LogP contribution is 2.15. The van der Waals surface area contributed by atoms with E-state index in [9.17, 15) is 4.79 Å². The fraction of sp³-hybridized carbons (Fsp3) is 0.333. The van der Waals surface area contributed by atoms with Gasteiger partial charge in [-0.15, -0.1) is 0 Å². The zero-order valence-corrected chi connectivity index (χ0v) is 9.27. The van der Waals surface area contributed by atoms with Crippen LogP contribution in [-0.4, -0.2) is 30.0 Å². The van der Waals surface area contributed by atoms with Crippen LogP contribution in [0.2, 0.25) is 0 Å². The number of fused-ring (bicyclic) bond motifs is 1. The van der Waals surface area contributed by atoms with Crippen molar-refractivity contribution >= 4 is 17.0 Å².